The van der Waals surface area contributed by atoms with Gasteiger partial charge >= 0.3 is 12.3 Å². The molecule has 7 heteroatoms. The van der Waals surface area contributed by atoms with Crippen molar-refractivity contribution in [3.63, 3.8) is 0 Å². The van der Waals surface area contributed by atoms with Gasteiger partial charge in [-0.15, -0.1) is 0 Å². The molecule has 0 amide bonds. The third kappa shape index (κ3) is 2.27. The number of carboxylic acid groups (broad SMARTS) is 2. The largest absolute Gasteiger partial charge is 0.507 e. The molecule has 1 rings (SSSR count). The second-order valence-electron chi connectivity index (χ2n) is 2.15. The fourth-order valence-electron chi connectivity index (χ4n) is 0.785. The van der Waals surface area contributed by atoms with Gasteiger partial charge in [0.25, 0.3) is 0 Å². The molecule has 0 aromatic carbocycles. The minimum Gasteiger partial charge on any atom is -0.450 e. The fraction of sp³-hybridized carbons (Fsp3) is 0.600. The zero-order valence-corrected chi connectivity index (χ0v) is 5.89. The predicted octanol–water partition coefficient (Wildman–Crippen LogP) is 0.0211. The molecule has 0 radical (unpaired) electrons. The van der Waals surface area contributed by atoms with Gasteiger partial charge in [0.2, 0.25) is 0 Å². The molecule has 1 saturated heterocycles. The maximum Gasteiger partial charge on any atom is 0.507 e. The first-order chi connectivity index (χ1) is 5.58. The maximum atomic E-state index is 9.91. The molecule has 0 aromatic heterocycles. The smallest absolute Gasteiger partial charge is 0.450 e. The number of carbonyl (C=O) groups is 2. The molecule has 1 aliphatic rings. The molecule has 68 valence electrons. The van der Waals surface area contributed by atoms with Gasteiger partial charge in [0.05, 0.1) is 0 Å². The van der Waals surface area contributed by atoms with Crippen molar-refractivity contribution in [1.29, 1.82) is 0 Å². The Kier molecular flexibility index (Phi) is 2.34. The lowest BCUT2D eigenvalue weighted by molar-refractivity contribution is -0.0953. The van der Waals surface area contributed by atoms with Gasteiger partial charge in [-0.2, -0.15) is 0 Å². The van der Waals surface area contributed by atoms with E-state index in [4.69, 9.17) is 10.2 Å². The van der Waals surface area contributed by atoms with Crippen LogP contribution in [0.5, 0.6) is 0 Å². The Labute approximate surface area is 66.9 Å². The van der Waals surface area contributed by atoms with E-state index in [2.05, 4.69) is 14.8 Å². The number of nitrogens with one attached hydrogen (secondary N) is 1. The highest BCUT2D eigenvalue weighted by atomic mass is 16.7. The van der Waals surface area contributed by atoms with Crippen LogP contribution in [0.2, 0.25) is 0 Å². The van der Waals surface area contributed by atoms with Gasteiger partial charge in [-0.05, 0) is 0 Å². The molecule has 0 bridgehead atoms. The van der Waals surface area contributed by atoms with Gasteiger partial charge in [0.1, 0.15) is 0 Å². The highest BCUT2D eigenvalue weighted by Gasteiger charge is 2.33. The lowest BCUT2D eigenvalue weighted by Gasteiger charge is -2.33. The molecule has 0 aliphatic carbocycles. The second-order valence-corrected chi connectivity index (χ2v) is 2.15. The van der Waals surface area contributed by atoms with E-state index >= 15 is 0 Å². The fourth-order valence-corrected chi connectivity index (χ4v) is 0.785. The molecule has 2 unspecified atom stereocenters. The monoisotopic (exact) mass is 177 g/mol. The lowest BCUT2D eigenvalue weighted by Crippen LogP contribution is -2.56. The zero-order chi connectivity index (χ0) is 9.14. The SMILES string of the molecule is O=C(O)OC1CC(OC(=O)O)N1. The van der Waals surface area contributed by atoms with Crippen molar-refractivity contribution < 1.29 is 29.3 Å². The van der Waals surface area contributed by atoms with Crippen LogP contribution < -0.4 is 5.32 Å². The summed E-state index contributed by atoms with van der Waals surface area (Å²) in [5.41, 5.74) is 0. The number of hydrogen-bond donors (Lipinski definition) is 3. The van der Waals surface area contributed by atoms with Crippen molar-refractivity contribution in [1.82, 2.24) is 5.32 Å². The summed E-state index contributed by atoms with van der Waals surface area (Å²) < 4.78 is 8.46. The Hall–Kier alpha value is -1.50. The molecular weight excluding hydrogens is 170 g/mol. The summed E-state index contributed by atoms with van der Waals surface area (Å²) in [6.45, 7) is 0. The first-order valence-corrected chi connectivity index (χ1v) is 3.13. The summed E-state index contributed by atoms with van der Waals surface area (Å²) in [7, 11) is 0. The Bertz CT molecular complexity index is 178. The van der Waals surface area contributed by atoms with Crippen LogP contribution in [0.4, 0.5) is 9.59 Å². The van der Waals surface area contributed by atoms with Crippen molar-refractivity contribution in [2.75, 3.05) is 0 Å². The third-order valence-corrected chi connectivity index (χ3v) is 1.29. The Morgan fingerprint density at radius 3 is 1.75 bits per heavy atom. The van der Waals surface area contributed by atoms with Crippen LogP contribution in [0.25, 0.3) is 0 Å². The first-order valence-electron chi connectivity index (χ1n) is 3.13. The van der Waals surface area contributed by atoms with Crippen molar-refractivity contribution in [3.05, 3.63) is 0 Å². The Morgan fingerprint density at radius 2 is 1.50 bits per heavy atom. The minimum atomic E-state index is -1.40. The van der Waals surface area contributed by atoms with Crippen molar-refractivity contribution in [2.45, 2.75) is 18.9 Å². The lowest BCUT2D eigenvalue weighted by atomic mass is 10.2. The van der Waals surface area contributed by atoms with E-state index < -0.39 is 24.8 Å². The Balaban J connectivity index is 2.11. The van der Waals surface area contributed by atoms with E-state index in [1.54, 1.807) is 0 Å². The minimum absolute atomic E-state index is 0.207. The van der Waals surface area contributed by atoms with Gasteiger partial charge in [-0.25, -0.2) is 14.9 Å². The second kappa shape index (κ2) is 3.26. The summed E-state index contributed by atoms with van der Waals surface area (Å²) in [6, 6.07) is 0. The van der Waals surface area contributed by atoms with Crippen molar-refractivity contribution >= 4 is 12.3 Å². The average molecular weight is 177 g/mol. The van der Waals surface area contributed by atoms with E-state index in [-0.39, 0.29) is 6.42 Å². The third-order valence-electron chi connectivity index (χ3n) is 1.29. The molecule has 1 aliphatic heterocycles. The molecular formula is C5H7NO6. The number of ether oxygens (including phenoxy) is 2. The molecule has 12 heavy (non-hydrogen) atoms. The highest BCUT2D eigenvalue weighted by molar-refractivity contribution is 5.58. The summed E-state index contributed by atoms with van der Waals surface area (Å²) in [5, 5.41) is 18.6. The van der Waals surface area contributed by atoms with Crippen LogP contribution in [-0.4, -0.2) is 35.0 Å². The predicted molar refractivity (Wildman–Crippen MR) is 33.5 cm³/mol. The number of rotatable bonds is 2. The molecule has 3 N–H and O–H groups in total. The molecule has 7 nitrogen and oxygen atoms in total. The van der Waals surface area contributed by atoms with E-state index in [1.165, 1.54) is 0 Å². The average Bonchev–Trinajstić information content (AvgIpc) is 1.80. The van der Waals surface area contributed by atoms with E-state index in [0.717, 1.165) is 0 Å². The normalized spacial score (nSPS) is 27.0. The summed E-state index contributed by atoms with van der Waals surface area (Å²) in [4.78, 5) is 19.8. The Morgan fingerprint density at radius 1 is 1.17 bits per heavy atom. The van der Waals surface area contributed by atoms with Gasteiger partial charge in [0, 0.05) is 6.42 Å². The van der Waals surface area contributed by atoms with Crippen LogP contribution in [0.3, 0.4) is 0 Å². The standard InChI is InChI=1S/C5H7NO6/c7-4(8)11-2-1-3(6-2)12-5(9)10/h2-3,6H,1H2,(H,7,8)(H,9,10). The van der Waals surface area contributed by atoms with Crippen LogP contribution in [0.15, 0.2) is 0 Å². The quantitative estimate of drug-likeness (QED) is 0.510. The molecule has 1 heterocycles. The molecule has 0 aromatic rings. The highest BCUT2D eigenvalue weighted by Crippen LogP contribution is 2.13. The van der Waals surface area contributed by atoms with Gasteiger partial charge in [-0.1, -0.05) is 0 Å². The topological polar surface area (TPSA) is 105 Å². The number of hydrogen-bond acceptors (Lipinski definition) is 5. The van der Waals surface area contributed by atoms with Crippen molar-refractivity contribution in [2.24, 2.45) is 0 Å². The zero-order valence-electron chi connectivity index (χ0n) is 5.89. The maximum absolute atomic E-state index is 9.91. The molecule has 1 fully saturated rings. The molecule has 0 spiro atoms. The van der Waals surface area contributed by atoms with Crippen LogP contribution in [0, 0.1) is 0 Å². The summed E-state index contributed by atoms with van der Waals surface area (Å²) in [6.07, 6.45) is -3.92. The van der Waals surface area contributed by atoms with Gasteiger partial charge in [0.15, 0.2) is 12.5 Å². The summed E-state index contributed by atoms with van der Waals surface area (Å²) in [5.74, 6) is 0. The van der Waals surface area contributed by atoms with Gasteiger partial charge < -0.3 is 19.7 Å². The van der Waals surface area contributed by atoms with E-state index in [0.29, 0.717) is 0 Å². The van der Waals surface area contributed by atoms with Crippen LogP contribution in [0.1, 0.15) is 6.42 Å². The van der Waals surface area contributed by atoms with Gasteiger partial charge in [-0.3, -0.25) is 0 Å². The van der Waals surface area contributed by atoms with Crippen LogP contribution in [-0.2, 0) is 9.47 Å². The van der Waals surface area contributed by atoms with Crippen molar-refractivity contribution in [3.8, 4) is 0 Å². The van der Waals surface area contributed by atoms with Crippen LogP contribution >= 0.6 is 0 Å². The van der Waals surface area contributed by atoms with E-state index in [1.807, 2.05) is 0 Å². The first kappa shape index (κ1) is 8.60. The van der Waals surface area contributed by atoms with E-state index in [9.17, 15) is 9.59 Å². The molecule has 0 saturated carbocycles. The summed E-state index contributed by atoms with van der Waals surface area (Å²) >= 11 is 0. The molecule has 2 atom stereocenters.